The summed E-state index contributed by atoms with van der Waals surface area (Å²) in [5.74, 6) is 0.976. The van der Waals surface area contributed by atoms with Gasteiger partial charge in [0.25, 0.3) is 0 Å². The molecule has 2 amide bonds. The van der Waals surface area contributed by atoms with Crippen LogP contribution in [0.4, 0.5) is 0 Å². The smallest absolute Gasteiger partial charge is 0.232 e. The van der Waals surface area contributed by atoms with E-state index in [-0.39, 0.29) is 23.4 Å². The molecule has 32 heavy (non-hydrogen) atoms. The fourth-order valence-electron chi connectivity index (χ4n) is 6.94. The van der Waals surface area contributed by atoms with Crippen LogP contribution in [0.25, 0.3) is 0 Å². The summed E-state index contributed by atoms with van der Waals surface area (Å²) in [6.07, 6.45) is 6.97. The van der Waals surface area contributed by atoms with Crippen molar-refractivity contribution >= 4 is 11.8 Å². The Hall–Kier alpha value is -2.62. The standard InChI is InChI=1S/C28H34N2O2/c1-20-23-14-8-15-25(31)30-19-9-17-28(23,30)18-16-24(20)29-27(32)26(21-10-4-2-5-11-21)22-12-6-3-7-13-22/h2-7,10-13,20,23-24,26H,8-9,14-19H2,1H3,(H,29,32)/t20-,23+,24+,28-/m1/s1. The van der Waals surface area contributed by atoms with Crippen molar-refractivity contribution in [1.29, 1.82) is 0 Å². The monoisotopic (exact) mass is 430 g/mol. The van der Waals surface area contributed by atoms with Crippen molar-refractivity contribution < 1.29 is 9.59 Å². The number of carbonyl (C=O) groups excluding carboxylic acids is 2. The molecule has 4 heteroatoms. The van der Waals surface area contributed by atoms with E-state index in [0.29, 0.717) is 24.2 Å². The highest BCUT2D eigenvalue weighted by atomic mass is 16.2. The maximum atomic E-state index is 13.7. The summed E-state index contributed by atoms with van der Waals surface area (Å²) in [5.41, 5.74) is 2.09. The molecule has 2 saturated heterocycles. The lowest BCUT2D eigenvalue weighted by Crippen LogP contribution is -2.60. The molecule has 1 N–H and O–H groups in total. The van der Waals surface area contributed by atoms with Crippen molar-refractivity contribution in [2.24, 2.45) is 11.8 Å². The zero-order chi connectivity index (χ0) is 22.1. The zero-order valence-corrected chi connectivity index (χ0v) is 19.0. The van der Waals surface area contributed by atoms with Gasteiger partial charge in [0.1, 0.15) is 0 Å². The molecule has 1 saturated carbocycles. The summed E-state index contributed by atoms with van der Waals surface area (Å²) in [6, 6.07) is 20.3. The normalized spacial score (nSPS) is 29.9. The van der Waals surface area contributed by atoms with Gasteiger partial charge in [-0.1, -0.05) is 67.6 Å². The fraction of sp³-hybridized carbons (Fsp3) is 0.500. The molecule has 0 aromatic heterocycles. The summed E-state index contributed by atoms with van der Waals surface area (Å²) < 4.78 is 0. The topological polar surface area (TPSA) is 49.4 Å². The highest BCUT2D eigenvalue weighted by Gasteiger charge is 2.55. The first-order valence-corrected chi connectivity index (χ1v) is 12.3. The molecule has 0 radical (unpaired) electrons. The van der Waals surface area contributed by atoms with E-state index in [1.165, 1.54) is 0 Å². The predicted octanol–water partition coefficient (Wildman–Crippen LogP) is 4.89. The van der Waals surface area contributed by atoms with Gasteiger partial charge in [-0.25, -0.2) is 0 Å². The molecule has 2 aliphatic heterocycles. The average Bonchev–Trinajstić information content (AvgIpc) is 3.18. The van der Waals surface area contributed by atoms with Crippen LogP contribution < -0.4 is 5.32 Å². The third kappa shape index (κ3) is 3.64. The Balaban J connectivity index is 1.39. The van der Waals surface area contributed by atoms with Crippen molar-refractivity contribution in [2.75, 3.05) is 6.54 Å². The molecule has 1 spiro atoms. The Kier molecular flexibility index (Phi) is 5.79. The molecule has 2 heterocycles. The van der Waals surface area contributed by atoms with Crippen molar-refractivity contribution in [3.63, 3.8) is 0 Å². The van der Waals surface area contributed by atoms with Crippen LogP contribution in [0.15, 0.2) is 60.7 Å². The Morgan fingerprint density at radius 2 is 1.62 bits per heavy atom. The van der Waals surface area contributed by atoms with Crippen LogP contribution in [-0.4, -0.2) is 34.8 Å². The van der Waals surface area contributed by atoms with Crippen LogP contribution in [0.3, 0.4) is 0 Å². The first-order chi connectivity index (χ1) is 15.6. The third-order valence-corrected chi connectivity index (χ3v) is 8.44. The van der Waals surface area contributed by atoms with Gasteiger partial charge in [0.15, 0.2) is 0 Å². The minimum atomic E-state index is -0.306. The minimum Gasteiger partial charge on any atom is -0.352 e. The van der Waals surface area contributed by atoms with Crippen LogP contribution in [0.1, 0.15) is 68.9 Å². The molecule has 168 valence electrons. The summed E-state index contributed by atoms with van der Waals surface area (Å²) in [4.78, 5) is 28.7. The molecule has 4 atom stereocenters. The maximum absolute atomic E-state index is 13.7. The SMILES string of the molecule is C[C@H]1[C@@H](NC(=O)C(c2ccccc2)c2ccccc2)CC[C@@]23CCCN2C(=O)CCC[C@@H]13. The van der Waals surface area contributed by atoms with Gasteiger partial charge in [0.05, 0.1) is 5.92 Å². The second kappa shape index (κ2) is 8.73. The van der Waals surface area contributed by atoms with Crippen LogP contribution >= 0.6 is 0 Å². The number of nitrogens with zero attached hydrogens (tertiary/aromatic N) is 1. The van der Waals surface area contributed by atoms with Crippen molar-refractivity contribution in [3.8, 4) is 0 Å². The summed E-state index contributed by atoms with van der Waals surface area (Å²) in [6.45, 7) is 3.23. The van der Waals surface area contributed by atoms with Crippen molar-refractivity contribution in [2.45, 2.75) is 69.4 Å². The molecular formula is C28H34N2O2. The maximum Gasteiger partial charge on any atom is 0.232 e. The van der Waals surface area contributed by atoms with Gasteiger partial charge < -0.3 is 10.2 Å². The number of hydrogen-bond acceptors (Lipinski definition) is 2. The quantitative estimate of drug-likeness (QED) is 0.750. The fourth-order valence-corrected chi connectivity index (χ4v) is 6.94. The van der Waals surface area contributed by atoms with E-state index >= 15 is 0 Å². The molecule has 3 fully saturated rings. The number of amides is 2. The van der Waals surface area contributed by atoms with Crippen LogP contribution in [-0.2, 0) is 9.59 Å². The average molecular weight is 431 g/mol. The highest BCUT2D eigenvalue weighted by Crippen LogP contribution is 2.51. The molecule has 2 aromatic carbocycles. The molecule has 2 aromatic rings. The van der Waals surface area contributed by atoms with Gasteiger partial charge in [-0.2, -0.15) is 0 Å². The van der Waals surface area contributed by atoms with E-state index in [0.717, 1.165) is 56.2 Å². The lowest BCUT2D eigenvalue weighted by molar-refractivity contribution is -0.139. The second-order valence-electron chi connectivity index (χ2n) is 10.0. The Labute approximate surface area is 191 Å². The van der Waals surface area contributed by atoms with E-state index in [9.17, 15) is 9.59 Å². The molecule has 0 unspecified atom stereocenters. The molecule has 1 aliphatic carbocycles. The third-order valence-electron chi connectivity index (χ3n) is 8.44. The van der Waals surface area contributed by atoms with Crippen LogP contribution in [0, 0.1) is 11.8 Å². The molecule has 4 nitrogen and oxygen atoms in total. The van der Waals surface area contributed by atoms with Gasteiger partial charge in [-0.05, 0) is 61.5 Å². The van der Waals surface area contributed by atoms with E-state index in [4.69, 9.17) is 0 Å². The molecule has 3 aliphatic rings. The number of nitrogens with one attached hydrogen (secondary N) is 1. The van der Waals surface area contributed by atoms with Crippen molar-refractivity contribution in [1.82, 2.24) is 10.2 Å². The van der Waals surface area contributed by atoms with E-state index in [1.807, 2.05) is 60.7 Å². The number of hydrogen-bond donors (Lipinski definition) is 1. The number of benzene rings is 2. The van der Waals surface area contributed by atoms with Gasteiger partial charge in [0, 0.05) is 24.5 Å². The second-order valence-corrected chi connectivity index (χ2v) is 10.0. The van der Waals surface area contributed by atoms with Crippen LogP contribution in [0.2, 0.25) is 0 Å². The van der Waals surface area contributed by atoms with Gasteiger partial charge in [-0.15, -0.1) is 0 Å². The van der Waals surface area contributed by atoms with Crippen molar-refractivity contribution in [3.05, 3.63) is 71.8 Å². The van der Waals surface area contributed by atoms with Gasteiger partial charge >= 0.3 is 0 Å². The lowest BCUT2D eigenvalue weighted by atomic mass is 9.63. The minimum absolute atomic E-state index is 0.0342. The molecule has 0 bridgehead atoms. The Bertz CT molecular complexity index is 920. The van der Waals surface area contributed by atoms with Crippen LogP contribution in [0.5, 0.6) is 0 Å². The first-order valence-electron chi connectivity index (χ1n) is 12.3. The Morgan fingerprint density at radius 1 is 0.969 bits per heavy atom. The molecule has 5 rings (SSSR count). The van der Waals surface area contributed by atoms with E-state index < -0.39 is 0 Å². The summed E-state index contributed by atoms with van der Waals surface area (Å²) >= 11 is 0. The first kappa shape index (κ1) is 21.2. The van der Waals surface area contributed by atoms with Gasteiger partial charge in [0.2, 0.25) is 11.8 Å². The molecular weight excluding hydrogens is 396 g/mol. The summed E-state index contributed by atoms with van der Waals surface area (Å²) in [7, 11) is 0. The van der Waals surface area contributed by atoms with E-state index in [1.54, 1.807) is 0 Å². The lowest BCUT2D eigenvalue weighted by Gasteiger charge is -2.52. The zero-order valence-electron chi connectivity index (χ0n) is 19.0. The van der Waals surface area contributed by atoms with Gasteiger partial charge in [-0.3, -0.25) is 9.59 Å². The highest BCUT2D eigenvalue weighted by molar-refractivity contribution is 5.87. The number of carbonyl (C=O) groups is 2. The largest absolute Gasteiger partial charge is 0.352 e. The Morgan fingerprint density at radius 3 is 2.28 bits per heavy atom. The predicted molar refractivity (Wildman–Crippen MR) is 126 cm³/mol. The number of rotatable bonds is 4. The summed E-state index contributed by atoms with van der Waals surface area (Å²) in [5, 5.41) is 3.46. The van der Waals surface area contributed by atoms with E-state index in [2.05, 4.69) is 17.1 Å².